The standard InChI is InChI=1S/C19H20N2O7/c1-25-14-6-4-3-5-13(14)21-18(23)11-27-15-8-7-12(9-16(15)26-2)19(24)28-10-17(20)22/h3-9H,10-11H2,1-2H3,(H2,20,22)(H,21,23). The highest BCUT2D eigenvalue weighted by atomic mass is 16.5. The molecule has 2 aromatic rings. The summed E-state index contributed by atoms with van der Waals surface area (Å²) in [4.78, 5) is 34.7. The Hall–Kier alpha value is -3.75. The first kappa shape index (κ1) is 20.6. The van der Waals surface area contributed by atoms with Crippen LogP contribution in [0.15, 0.2) is 42.5 Å². The number of carbonyl (C=O) groups excluding carboxylic acids is 3. The van der Waals surface area contributed by atoms with E-state index < -0.39 is 24.4 Å². The van der Waals surface area contributed by atoms with Gasteiger partial charge in [0.25, 0.3) is 11.8 Å². The lowest BCUT2D eigenvalue weighted by molar-refractivity contribution is -0.121. The quantitative estimate of drug-likeness (QED) is 0.621. The number of amides is 2. The Bertz CT molecular complexity index is 867. The fourth-order valence-corrected chi connectivity index (χ4v) is 2.21. The van der Waals surface area contributed by atoms with Gasteiger partial charge >= 0.3 is 5.97 Å². The van der Waals surface area contributed by atoms with E-state index in [1.54, 1.807) is 24.3 Å². The van der Waals surface area contributed by atoms with Crippen LogP contribution in [0.4, 0.5) is 5.69 Å². The molecular weight excluding hydrogens is 368 g/mol. The van der Waals surface area contributed by atoms with E-state index >= 15 is 0 Å². The summed E-state index contributed by atoms with van der Waals surface area (Å²) in [7, 11) is 2.89. The zero-order chi connectivity index (χ0) is 20.5. The lowest BCUT2D eigenvalue weighted by Gasteiger charge is -2.13. The van der Waals surface area contributed by atoms with E-state index in [4.69, 9.17) is 24.7 Å². The summed E-state index contributed by atoms with van der Waals surface area (Å²) in [5.74, 6) is -0.912. The molecule has 0 aliphatic heterocycles. The van der Waals surface area contributed by atoms with E-state index in [-0.39, 0.29) is 23.7 Å². The molecule has 0 spiro atoms. The van der Waals surface area contributed by atoms with Crippen LogP contribution in [0, 0.1) is 0 Å². The van der Waals surface area contributed by atoms with Crippen molar-refractivity contribution in [2.45, 2.75) is 0 Å². The summed E-state index contributed by atoms with van der Waals surface area (Å²) in [6.45, 7) is -0.817. The van der Waals surface area contributed by atoms with Gasteiger partial charge in [-0.25, -0.2) is 4.79 Å². The number of carbonyl (C=O) groups is 3. The molecule has 2 rings (SSSR count). The van der Waals surface area contributed by atoms with Gasteiger partial charge in [-0.15, -0.1) is 0 Å². The zero-order valence-electron chi connectivity index (χ0n) is 15.4. The fraction of sp³-hybridized carbons (Fsp3) is 0.211. The summed E-state index contributed by atoms with van der Waals surface area (Å²) in [6.07, 6.45) is 0. The summed E-state index contributed by atoms with van der Waals surface area (Å²) in [5.41, 5.74) is 5.59. The van der Waals surface area contributed by atoms with Crippen molar-refractivity contribution >= 4 is 23.5 Å². The number of para-hydroxylation sites is 2. The Morgan fingerprint density at radius 2 is 1.64 bits per heavy atom. The first-order valence-corrected chi connectivity index (χ1v) is 8.13. The maximum absolute atomic E-state index is 12.1. The molecule has 9 nitrogen and oxygen atoms in total. The van der Waals surface area contributed by atoms with Crippen molar-refractivity contribution in [2.24, 2.45) is 5.73 Å². The second kappa shape index (κ2) is 9.81. The minimum atomic E-state index is -0.763. The molecule has 0 saturated heterocycles. The van der Waals surface area contributed by atoms with Crippen LogP contribution in [0.25, 0.3) is 0 Å². The van der Waals surface area contributed by atoms with E-state index in [0.717, 1.165) is 0 Å². The van der Waals surface area contributed by atoms with Gasteiger partial charge in [-0.05, 0) is 30.3 Å². The number of esters is 1. The van der Waals surface area contributed by atoms with Crippen LogP contribution in [0.1, 0.15) is 10.4 Å². The van der Waals surface area contributed by atoms with Gasteiger partial charge in [-0.2, -0.15) is 0 Å². The molecule has 0 fully saturated rings. The third-order valence-electron chi connectivity index (χ3n) is 3.48. The highest BCUT2D eigenvalue weighted by Crippen LogP contribution is 2.28. The summed E-state index contributed by atoms with van der Waals surface area (Å²) in [6, 6.07) is 11.2. The predicted octanol–water partition coefficient (Wildman–Crippen LogP) is 1.36. The van der Waals surface area contributed by atoms with Crippen LogP contribution in [0.2, 0.25) is 0 Å². The lowest BCUT2D eigenvalue weighted by atomic mass is 10.2. The normalized spacial score (nSPS) is 9.93. The first-order chi connectivity index (χ1) is 13.4. The topological polar surface area (TPSA) is 126 Å². The Kier molecular flexibility index (Phi) is 7.21. The van der Waals surface area contributed by atoms with Crippen molar-refractivity contribution in [3.05, 3.63) is 48.0 Å². The van der Waals surface area contributed by atoms with Gasteiger partial charge in [0.1, 0.15) is 5.75 Å². The van der Waals surface area contributed by atoms with Gasteiger partial charge in [0.2, 0.25) is 0 Å². The number of benzene rings is 2. The van der Waals surface area contributed by atoms with Gasteiger partial charge in [0.15, 0.2) is 24.7 Å². The number of ether oxygens (including phenoxy) is 4. The summed E-state index contributed by atoms with van der Waals surface area (Å²) in [5, 5.41) is 2.68. The molecular formula is C19H20N2O7. The lowest BCUT2D eigenvalue weighted by Crippen LogP contribution is -2.21. The van der Waals surface area contributed by atoms with Gasteiger partial charge in [0.05, 0.1) is 25.5 Å². The third-order valence-corrected chi connectivity index (χ3v) is 3.48. The molecule has 2 amide bonds. The molecule has 0 unspecified atom stereocenters. The minimum absolute atomic E-state index is 0.143. The minimum Gasteiger partial charge on any atom is -0.495 e. The Morgan fingerprint density at radius 3 is 2.32 bits per heavy atom. The van der Waals surface area contributed by atoms with E-state index in [1.807, 2.05) is 0 Å². The van der Waals surface area contributed by atoms with Crippen molar-refractivity contribution in [3.8, 4) is 17.2 Å². The van der Waals surface area contributed by atoms with Crippen LogP contribution < -0.4 is 25.3 Å². The fourth-order valence-electron chi connectivity index (χ4n) is 2.21. The molecule has 0 bridgehead atoms. The van der Waals surface area contributed by atoms with Crippen molar-refractivity contribution < 1.29 is 33.3 Å². The largest absolute Gasteiger partial charge is 0.495 e. The van der Waals surface area contributed by atoms with Crippen molar-refractivity contribution in [1.82, 2.24) is 0 Å². The summed E-state index contributed by atoms with van der Waals surface area (Å²) < 4.78 is 20.5. The van der Waals surface area contributed by atoms with E-state index in [9.17, 15) is 14.4 Å². The molecule has 0 aromatic heterocycles. The zero-order valence-corrected chi connectivity index (χ0v) is 15.4. The number of hydrogen-bond acceptors (Lipinski definition) is 7. The first-order valence-electron chi connectivity index (χ1n) is 8.13. The Labute approximate surface area is 161 Å². The van der Waals surface area contributed by atoms with Crippen LogP contribution in [-0.4, -0.2) is 45.2 Å². The maximum atomic E-state index is 12.1. The highest BCUT2D eigenvalue weighted by molar-refractivity contribution is 5.93. The smallest absolute Gasteiger partial charge is 0.338 e. The molecule has 2 aromatic carbocycles. The molecule has 9 heteroatoms. The predicted molar refractivity (Wildman–Crippen MR) is 99.6 cm³/mol. The molecule has 0 aliphatic carbocycles. The van der Waals surface area contributed by atoms with E-state index in [1.165, 1.54) is 32.4 Å². The third kappa shape index (κ3) is 5.63. The van der Waals surface area contributed by atoms with E-state index in [2.05, 4.69) is 5.32 Å². The molecule has 0 atom stereocenters. The average Bonchev–Trinajstić information content (AvgIpc) is 2.70. The van der Waals surface area contributed by atoms with Crippen molar-refractivity contribution in [1.29, 1.82) is 0 Å². The van der Waals surface area contributed by atoms with Crippen LogP contribution in [0.3, 0.4) is 0 Å². The number of primary amides is 1. The number of methoxy groups -OCH3 is 2. The number of hydrogen-bond donors (Lipinski definition) is 2. The van der Waals surface area contributed by atoms with E-state index in [0.29, 0.717) is 11.4 Å². The number of anilines is 1. The van der Waals surface area contributed by atoms with Crippen LogP contribution in [0.5, 0.6) is 17.2 Å². The van der Waals surface area contributed by atoms with Gasteiger partial charge in [-0.3, -0.25) is 9.59 Å². The molecule has 0 aliphatic rings. The molecule has 148 valence electrons. The van der Waals surface area contributed by atoms with Crippen molar-refractivity contribution in [3.63, 3.8) is 0 Å². The van der Waals surface area contributed by atoms with Gasteiger partial charge < -0.3 is 30.0 Å². The number of nitrogens with two attached hydrogens (primary N) is 1. The van der Waals surface area contributed by atoms with Gasteiger partial charge in [0, 0.05) is 0 Å². The maximum Gasteiger partial charge on any atom is 0.338 e. The van der Waals surface area contributed by atoms with Gasteiger partial charge in [-0.1, -0.05) is 12.1 Å². The number of nitrogens with one attached hydrogen (secondary N) is 1. The highest BCUT2D eigenvalue weighted by Gasteiger charge is 2.15. The van der Waals surface area contributed by atoms with Crippen LogP contribution >= 0.6 is 0 Å². The Balaban J connectivity index is 2.00. The molecule has 0 heterocycles. The monoisotopic (exact) mass is 388 g/mol. The number of rotatable bonds is 9. The van der Waals surface area contributed by atoms with Crippen LogP contribution in [-0.2, 0) is 14.3 Å². The molecule has 28 heavy (non-hydrogen) atoms. The second-order valence-corrected chi connectivity index (χ2v) is 5.45. The summed E-state index contributed by atoms with van der Waals surface area (Å²) >= 11 is 0. The second-order valence-electron chi connectivity index (χ2n) is 5.45. The molecule has 3 N–H and O–H groups in total. The van der Waals surface area contributed by atoms with Crippen molar-refractivity contribution in [2.75, 3.05) is 32.8 Å². The SMILES string of the molecule is COc1ccccc1NC(=O)COc1ccc(C(=O)OCC(N)=O)cc1OC. The Morgan fingerprint density at radius 1 is 0.929 bits per heavy atom. The average molecular weight is 388 g/mol. The molecule has 0 saturated carbocycles. The molecule has 0 radical (unpaired) electrons.